The number of hydrogen-bond acceptors (Lipinski definition) is 1. The quantitative estimate of drug-likeness (QED) is 0.154. The van der Waals surface area contributed by atoms with E-state index in [-0.39, 0.29) is 5.60 Å². The van der Waals surface area contributed by atoms with Gasteiger partial charge in [0.25, 0.3) is 0 Å². The zero-order chi connectivity index (χ0) is 17.6. The molecule has 2 heteroatoms. The van der Waals surface area contributed by atoms with Crippen LogP contribution < -0.4 is 0 Å². The Labute approximate surface area is 146 Å². The van der Waals surface area contributed by atoms with E-state index in [1.165, 1.54) is 18.1 Å². The average molecular weight is 335 g/mol. The molecule has 0 N–H and O–H groups in total. The average Bonchev–Trinajstić information content (AvgIpc) is 2.57. The highest BCUT2D eigenvalue weighted by atomic mass is 28.4. The largest absolute Gasteiger partial charge is 0.401 e. The third-order valence-corrected chi connectivity index (χ3v) is 9.49. The Morgan fingerprint density at radius 2 is 1.65 bits per heavy atom. The molecule has 0 aliphatic heterocycles. The molecule has 0 fully saturated rings. The van der Waals surface area contributed by atoms with E-state index in [2.05, 4.69) is 58.3 Å². The molecule has 0 amide bonds. The second-order valence-electron chi connectivity index (χ2n) is 6.31. The van der Waals surface area contributed by atoms with E-state index in [0.717, 1.165) is 38.5 Å². The molecule has 1 nitrogen and oxygen atoms in total. The molecule has 0 spiro atoms. The molecule has 0 radical (unpaired) electrons. The van der Waals surface area contributed by atoms with E-state index in [4.69, 9.17) is 4.43 Å². The summed E-state index contributed by atoms with van der Waals surface area (Å²) in [6.07, 6.45) is 12.9. The molecule has 0 aromatic heterocycles. The van der Waals surface area contributed by atoms with Crippen LogP contribution in [-0.4, -0.2) is 13.9 Å². The standard InChI is InChI=1S/C21H38OSi/c1-7-13-15-17-20-21(18-9-3,19-16-14-8-2)22-23(10-4,11-5)12-6/h8,13,15H,2,7,10-12,14,16-17,19-20H2,1,3-6H3/b15-13+. The maximum atomic E-state index is 6.94. The van der Waals surface area contributed by atoms with Gasteiger partial charge in [0.1, 0.15) is 5.60 Å². The molecule has 1 unspecified atom stereocenters. The summed E-state index contributed by atoms with van der Waals surface area (Å²) in [4.78, 5) is 0. The van der Waals surface area contributed by atoms with Crippen LogP contribution >= 0.6 is 0 Å². The van der Waals surface area contributed by atoms with Gasteiger partial charge >= 0.3 is 0 Å². The molecule has 132 valence electrons. The molecule has 23 heavy (non-hydrogen) atoms. The third kappa shape index (κ3) is 8.04. The summed E-state index contributed by atoms with van der Waals surface area (Å²) in [5.41, 5.74) is -0.260. The van der Waals surface area contributed by atoms with Gasteiger partial charge in [-0.05, 0) is 63.6 Å². The van der Waals surface area contributed by atoms with Crippen molar-refractivity contribution in [3.63, 3.8) is 0 Å². The molecule has 1 atom stereocenters. The van der Waals surface area contributed by atoms with Crippen molar-refractivity contribution in [3.05, 3.63) is 24.8 Å². The van der Waals surface area contributed by atoms with Gasteiger partial charge in [-0.2, -0.15) is 0 Å². The minimum absolute atomic E-state index is 0.260. The van der Waals surface area contributed by atoms with Crippen molar-refractivity contribution in [2.75, 3.05) is 0 Å². The first-order valence-electron chi connectivity index (χ1n) is 9.47. The lowest BCUT2D eigenvalue weighted by molar-refractivity contribution is 0.0955. The summed E-state index contributed by atoms with van der Waals surface area (Å²) >= 11 is 0. The van der Waals surface area contributed by atoms with Crippen molar-refractivity contribution in [2.45, 2.75) is 96.9 Å². The second-order valence-corrected chi connectivity index (χ2v) is 11.0. The smallest absolute Gasteiger partial charge is 0.194 e. The molecule has 0 heterocycles. The fraction of sp³-hybridized carbons (Fsp3) is 0.714. The Kier molecular flexibility index (Phi) is 12.2. The minimum Gasteiger partial charge on any atom is -0.401 e. The van der Waals surface area contributed by atoms with Crippen LogP contribution in [0, 0.1) is 11.8 Å². The molecule has 0 aliphatic rings. The number of unbranched alkanes of at least 4 members (excludes halogenated alkanes) is 1. The SMILES string of the molecule is C=CCCCC(C#CC)(CC/C=C/CC)O[Si](CC)(CC)CC. The molecule has 0 saturated carbocycles. The highest BCUT2D eigenvalue weighted by Crippen LogP contribution is 2.34. The Morgan fingerprint density at radius 1 is 1.00 bits per heavy atom. The summed E-state index contributed by atoms with van der Waals surface area (Å²) in [6, 6.07) is 3.54. The molecule has 0 aliphatic carbocycles. The van der Waals surface area contributed by atoms with Crippen LogP contribution in [-0.2, 0) is 4.43 Å². The van der Waals surface area contributed by atoms with Crippen molar-refractivity contribution in [1.29, 1.82) is 0 Å². The van der Waals surface area contributed by atoms with Crippen molar-refractivity contribution < 1.29 is 4.43 Å². The first-order valence-corrected chi connectivity index (χ1v) is 12.0. The zero-order valence-corrected chi connectivity index (χ0v) is 17.2. The van der Waals surface area contributed by atoms with E-state index in [0.29, 0.717) is 0 Å². The Balaban J connectivity index is 5.35. The van der Waals surface area contributed by atoms with Gasteiger partial charge in [-0.15, -0.1) is 12.5 Å². The predicted molar refractivity (Wildman–Crippen MR) is 107 cm³/mol. The molecule has 0 saturated heterocycles. The first kappa shape index (κ1) is 22.2. The van der Waals surface area contributed by atoms with E-state index >= 15 is 0 Å². The van der Waals surface area contributed by atoms with Crippen LogP contribution in [0.5, 0.6) is 0 Å². The fourth-order valence-corrected chi connectivity index (χ4v) is 6.14. The molecule has 0 aromatic rings. The highest BCUT2D eigenvalue weighted by Gasteiger charge is 2.39. The Bertz CT molecular complexity index is 390. The van der Waals surface area contributed by atoms with Crippen molar-refractivity contribution >= 4 is 8.32 Å². The molecule has 0 rings (SSSR count). The van der Waals surface area contributed by atoms with Gasteiger partial charge in [0.05, 0.1) is 0 Å². The summed E-state index contributed by atoms with van der Waals surface area (Å²) < 4.78 is 6.94. The lowest BCUT2D eigenvalue weighted by Crippen LogP contribution is -2.46. The summed E-state index contributed by atoms with van der Waals surface area (Å²) in [6.45, 7) is 14.9. The van der Waals surface area contributed by atoms with Crippen LogP contribution in [0.4, 0.5) is 0 Å². The van der Waals surface area contributed by atoms with Gasteiger partial charge in [-0.25, -0.2) is 0 Å². The summed E-state index contributed by atoms with van der Waals surface area (Å²) in [5.74, 6) is 6.65. The normalized spacial score (nSPS) is 14.3. The molecule has 0 aromatic carbocycles. The van der Waals surface area contributed by atoms with Crippen molar-refractivity contribution in [3.8, 4) is 11.8 Å². The van der Waals surface area contributed by atoms with Crippen LogP contribution in [0.25, 0.3) is 0 Å². The number of allylic oxidation sites excluding steroid dienone is 3. The Morgan fingerprint density at radius 3 is 2.13 bits per heavy atom. The van der Waals surface area contributed by atoms with E-state index in [1.807, 2.05) is 13.0 Å². The molecule has 0 bridgehead atoms. The summed E-state index contributed by atoms with van der Waals surface area (Å²) in [7, 11) is -1.67. The lowest BCUT2D eigenvalue weighted by atomic mass is 9.92. The number of rotatable bonds is 13. The molecular formula is C21H38OSi. The van der Waals surface area contributed by atoms with Gasteiger partial charge in [0.15, 0.2) is 8.32 Å². The van der Waals surface area contributed by atoms with Crippen LogP contribution in [0.1, 0.15) is 73.1 Å². The molecular weight excluding hydrogens is 296 g/mol. The van der Waals surface area contributed by atoms with Crippen LogP contribution in [0.2, 0.25) is 18.1 Å². The van der Waals surface area contributed by atoms with Crippen LogP contribution in [0.15, 0.2) is 24.8 Å². The summed E-state index contributed by atoms with van der Waals surface area (Å²) in [5, 5.41) is 0. The zero-order valence-electron chi connectivity index (χ0n) is 16.2. The maximum Gasteiger partial charge on any atom is 0.194 e. The fourth-order valence-electron chi connectivity index (χ4n) is 3.12. The van der Waals surface area contributed by atoms with Gasteiger partial charge < -0.3 is 4.43 Å². The van der Waals surface area contributed by atoms with E-state index < -0.39 is 8.32 Å². The van der Waals surface area contributed by atoms with Crippen molar-refractivity contribution in [1.82, 2.24) is 0 Å². The van der Waals surface area contributed by atoms with E-state index in [9.17, 15) is 0 Å². The van der Waals surface area contributed by atoms with E-state index in [1.54, 1.807) is 0 Å². The topological polar surface area (TPSA) is 9.23 Å². The maximum absolute atomic E-state index is 6.94. The van der Waals surface area contributed by atoms with Crippen LogP contribution in [0.3, 0.4) is 0 Å². The number of hydrogen-bond donors (Lipinski definition) is 0. The van der Waals surface area contributed by atoms with Gasteiger partial charge in [0, 0.05) is 0 Å². The van der Waals surface area contributed by atoms with Crippen molar-refractivity contribution in [2.24, 2.45) is 0 Å². The highest BCUT2D eigenvalue weighted by molar-refractivity contribution is 6.73. The third-order valence-electron chi connectivity index (χ3n) is 4.80. The monoisotopic (exact) mass is 334 g/mol. The Hall–Kier alpha value is -0.783. The van der Waals surface area contributed by atoms with Gasteiger partial charge in [-0.3, -0.25) is 0 Å². The predicted octanol–water partition coefficient (Wildman–Crippen LogP) is 6.87. The first-order chi connectivity index (χ1) is 11.1. The lowest BCUT2D eigenvalue weighted by Gasteiger charge is -2.40. The minimum atomic E-state index is -1.67. The second kappa shape index (κ2) is 12.6. The van der Waals surface area contributed by atoms with Gasteiger partial charge in [0.2, 0.25) is 0 Å². The van der Waals surface area contributed by atoms with Gasteiger partial charge in [-0.1, -0.05) is 51.8 Å².